The second-order valence-corrected chi connectivity index (χ2v) is 6.70. The maximum Gasteiger partial charge on any atom is 0.204 e. The van der Waals surface area contributed by atoms with Gasteiger partial charge in [-0.05, 0) is 29.2 Å². The minimum atomic E-state index is 0.212. The molecule has 128 valence electrons. The number of nitrogens with zero attached hydrogens (tertiary/aromatic N) is 3. The first kappa shape index (κ1) is 16.0. The van der Waals surface area contributed by atoms with Crippen molar-refractivity contribution in [2.45, 2.75) is 44.2 Å². The minimum absolute atomic E-state index is 0.212. The molecule has 25 heavy (non-hydrogen) atoms. The molecule has 1 aliphatic carbocycles. The van der Waals surface area contributed by atoms with Gasteiger partial charge in [0.1, 0.15) is 0 Å². The lowest BCUT2D eigenvalue weighted by molar-refractivity contribution is 0.354. The number of aromatic amines is 1. The molecule has 1 atom stereocenters. The fourth-order valence-electron chi connectivity index (χ4n) is 3.64. The highest BCUT2D eigenvalue weighted by atomic mass is 15.5. The highest BCUT2D eigenvalue weighted by Crippen LogP contribution is 2.27. The monoisotopic (exact) mass is 333 g/mol. The van der Waals surface area contributed by atoms with Crippen LogP contribution in [0.5, 0.6) is 0 Å². The first-order valence-corrected chi connectivity index (χ1v) is 9.05. The highest BCUT2D eigenvalue weighted by Gasteiger charge is 2.20. The summed E-state index contributed by atoms with van der Waals surface area (Å²) in [5.74, 6) is 0.628. The second kappa shape index (κ2) is 7.57. The van der Waals surface area contributed by atoms with Gasteiger partial charge in [0.15, 0.2) is 0 Å². The number of aromatic nitrogens is 4. The Bertz CT molecular complexity index is 762. The van der Waals surface area contributed by atoms with Gasteiger partial charge >= 0.3 is 0 Å². The van der Waals surface area contributed by atoms with E-state index < -0.39 is 0 Å². The molecule has 1 fully saturated rings. The van der Waals surface area contributed by atoms with Crippen molar-refractivity contribution in [2.24, 2.45) is 0 Å². The van der Waals surface area contributed by atoms with E-state index in [-0.39, 0.29) is 6.04 Å². The molecule has 0 spiro atoms. The van der Waals surface area contributed by atoms with Crippen LogP contribution < -0.4 is 5.32 Å². The molecule has 1 heterocycles. The molecule has 2 N–H and O–H groups in total. The third-order valence-corrected chi connectivity index (χ3v) is 4.99. The molecule has 4 rings (SSSR count). The van der Waals surface area contributed by atoms with Gasteiger partial charge in [-0.3, -0.25) is 0 Å². The number of tetrazole rings is 1. The van der Waals surface area contributed by atoms with E-state index in [2.05, 4.69) is 80.5 Å². The first-order valence-electron chi connectivity index (χ1n) is 9.05. The Morgan fingerprint density at radius 1 is 0.880 bits per heavy atom. The zero-order chi connectivity index (χ0) is 16.9. The Morgan fingerprint density at radius 3 is 2.28 bits per heavy atom. The predicted octanol–water partition coefficient (Wildman–Crippen LogP) is 3.88. The van der Waals surface area contributed by atoms with E-state index in [9.17, 15) is 0 Å². The average Bonchev–Trinajstić information content (AvgIpc) is 3.23. The molecular weight excluding hydrogens is 310 g/mol. The SMILES string of the molecule is c1ccc(C(NC2CCCCC2)c2ccc(-c3nn[nH]n3)cc2)cc1. The van der Waals surface area contributed by atoms with Gasteiger partial charge in [-0.15, -0.1) is 10.2 Å². The topological polar surface area (TPSA) is 66.5 Å². The predicted molar refractivity (Wildman–Crippen MR) is 97.9 cm³/mol. The van der Waals surface area contributed by atoms with E-state index in [1.807, 2.05) is 0 Å². The van der Waals surface area contributed by atoms with E-state index in [0.717, 1.165) is 5.56 Å². The van der Waals surface area contributed by atoms with Crippen LogP contribution in [0.1, 0.15) is 49.3 Å². The van der Waals surface area contributed by atoms with Crippen molar-refractivity contribution >= 4 is 0 Å². The van der Waals surface area contributed by atoms with Crippen LogP contribution >= 0.6 is 0 Å². The lowest BCUT2D eigenvalue weighted by Gasteiger charge is -2.29. The van der Waals surface area contributed by atoms with Crippen LogP contribution in [0.25, 0.3) is 11.4 Å². The van der Waals surface area contributed by atoms with E-state index >= 15 is 0 Å². The van der Waals surface area contributed by atoms with Crippen molar-refractivity contribution in [3.8, 4) is 11.4 Å². The minimum Gasteiger partial charge on any atom is -0.303 e. The lowest BCUT2D eigenvalue weighted by atomic mass is 9.91. The van der Waals surface area contributed by atoms with Crippen LogP contribution in [-0.4, -0.2) is 26.7 Å². The van der Waals surface area contributed by atoms with Crippen LogP contribution in [0, 0.1) is 0 Å². The molecule has 0 saturated heterocycles. The summed E-state index contributed by atoms with van der Waals surface area (Å²) in [6, 6.07) is 20.0. The number of rotatable bonds is 5. The number of nitrogens with one attached hydrogen (secondary N) is 2. The van der Waals surface area contributed by atoms with Gasteiger partial charge in [0.25, 0.3) is 0 Å². The molecule has 1 unspecified atom stereocenters. The van der Waals surface area contributed by atoms with E-state index in [1.165, 1.54) is 43.2 Å². The Labute approximate surface area is 147 Å². The summed E-state index contributed by atoms with van der Waals surface area (Å²) in [6.07, 6.45) is 6.56. The van der Waals surface area contributed by atoms with Gasteiger partial charge in [-0.25, -0.2) is 0 Å². The summed E-state index contributed by atoms with van der Waals surface area (Å²) in [7, 11) is 0. The lowest BCUT2D eigenvalue weighted by Crippen LogP contribution is -2.35. The maximum atomic E-state index is 4.05. The summed E-state index contributed by atoms with van der Waals surface area (Å²) in [6.45, 7) is 0. The molecule has 1 aliphatic rings. The molecule has 0 aliphatic heterocycles. The van der Waals surface area contributed by atoms with Gasteiger partial charge in [-0.1, -0.05) is 73.9 Å². The second-order valence-electron chi connectivity index (χ2n) is 6.70. The van der Waals surface area contributed by atoms with E-state index in [4.69, 9.17) is 0 Å². The van der Waals surface area contributed by atoms with E-state index in [1.54, 1.807) is 0 Å². The van der Waals surface area contributed by atoms with Crippen LogP contribution in [0.3, 0.4) is 0 Å². The van der Waals surface area contributed by atoms with Crippen molar-refractivity contribution in [3.63, 3.8) is 0 Å². The summed E-state index contributed by atoms with van der Waals surface area (Å²) in [5, 5.41) is 18.1. The van der Waals surface area contributed by atoms with Gasteiger partial charge in [0.2, 0.25) is 5.82 Å². The largest absolute Gasteiger partial charge is 0.303 e. The number of benzene rings is 2. The summed E-state index contributed by atoms with van der Waals surface area (Å²) >= 11 is 0. The van der Waals surface area contributed by atoms with Crippen LogP contribution in [0.4, 0.5) is 0 Å². The summed E-state index contributed by atoms with van der Waals surface area (Å²) in [5.41, 5.74) is 3.55. The Hall–Kier alpha value is -2.53. The number of H-pyrrole nitrogens is 1. The van der Waals surface area contributed by atoms with Crippen LogP contribution in [0.15, 0.2) is 54.6 Å². The smallest absolute Gasteiger partial charge is 0.204 e. The summed E-state index contributed by atoms with van der Waals surface area (Å²) < 4.78 is 0. The quantitative estimate of drug-likeness (QED) is 0.743. The van der Waals surface area contributed by atoms with Crippen molar-refractivity contribution in [1.29, 1.82) is 0 Å². The number of hydrogen-bond acceptors (Lipinski definition) is 4. The molecule has 0 radical (unpaired) electrons. The molecule has 1 aromatic heterocycles. The van der Waals surface area contributed by atoms with Gasteiger partial charge < -0.3 is 5.32 Å². The third-order valence-electron chi connectivity index (χ3n) is 4.99. The summed E-state index contributed by atoms with van der Waals surface area (Å²) in [4.78, 5) is 0. The Balaban J connectivity index is 1.60. The molecule has 5 nitrogen and oxygen atoms in total. The molecule has 1 saturated carbocycles. The Kier molecular flexibility index (Phi) is 4.84. The van der Waals surface area contributed by atoms with Crippen LogP contribution in [-0.2, 0) is 0 Å². The van der Waals surface area contributed by atoms with Gasteiger partial charge in [0, 0.05) is 11.6 Å². The zero-order valence-corrected chi connectivity index (χ0v) is 14.2. The average molecular weight is 333 g/mol. The highest BCUT2D eigenvalue weighted by molar-refractivity contribution is 5.54. The fourth-order valence-corrected chi connectivity index (χ4v) is 3.64. The van der Waals surface area contributed by atoms with Crippen molar-refractivity contribution in [2.75, 3.05) is 0 Å². The zero-order valence-electron chi connectivity index (χ0n) is 14.2. The Morgan fingerprint density at radius 2 is 1.60 bits per heavy atom. The van der Waals surface area contributed by atoms with Crippen LogP contribution in [0.2, 0.25) is 0 Å². The van der Waals surface area contributed by atoms with Crippen molar-refractivity contribution in [3.05, 3.63) is 65.7 Å². The molecule has 0 amide bonds. The first-order chi connectivity index (χ1) is 12.4. The van der Waals surface area contributed by atoms with Gasteiger partial charge in [-0.2, -0.15) is 5.21 Å². The molecular formula is C20H23N5. The molecule has 0 bridgehead atoms. The van der Waals surface area contributed by atoms with Gasteiger partial charge in [0.05, 0.1) is 6.04 Å². The van der Waals surface area contributed by atoms with Crippen molar-refractivity contribution < 1.29 is 0 Å². The van der Waals surface area contributed by atoms with E-state index in [0.29, 0.717) is 11.9 Å². The van der Waals surface area contributed by atoms with Crippen molar-refractivity contribution in [1.82, 2.24) is 25.9 Å². The normalized spacial score (nSPS) is 16.6. The maximum absolute atomic E-state index is 4.05. The molecule has 5 heteroatoms. The third kappa shape index (κ3) is 3.77. The standard InChI is InChI=1S/C20H23N5/c1-3-7-15(8-4-1)19(21-18-9-5-2-6-10-18)16-11-13-17(14-12-16)20-22-24-25-23-20/h1,3-4,7-8,11-14,18-19,21H,2,5-6,9-10H2,(H,22,23,24,25). The number of hydrogen-bond donors (Lipinski definition) is 2. The molecule has 2 aromatic carbocycles. The fraction of sp³-hybridized carbons (Fsp3) is 0.350. The molecule has 3 aromatic rings.